The molecular weight excluding hydrogens is 156 g/mol. The van der Waals surface area contributed by atoms with Gasteiger partial charge in [0.1, 0.15) is 0 Å². The zero-order valence-corrected chi connectivity index (χ0v) is 7.74. The Morgan fingerprint density at radius 3 is 2.82 bits per heavy atom. The Bertz CT molecular complexity index is 204. The van der Waals surface area contributed by atoms with Crippen LogP contribution in [0.25, 0.3) is 0 Å². The van der Waals surface area contributed by atoms with E-state index >= 15 is 0 Å². The van der Waals surface area contributed by atoms with Crippen molar-refractivity contribution in [3.8, 4) is 0 Å². The van der Waals surface area contributed by atoms with Crippen molar-refractivity contribution >= 4 is 16.3 Å². The molecule has 0 aliphatic rings. The van der Waals surface area contributed by atoms with Gasteiger partial charge in [-0.15, -0.1) is 11.3 Å². The Morgan fingerprint density at radius 1 is 1.64 bits per heavy atom. The summed E-state index contributed by atoms with van der Waals surface area (Å²) >= 11 is 1.70. The van der Waals surface area contributed by atoms with Crippen LogP contribution in [0.4, 0.5) is 5.00 Å². The Morgan fingerprint density at radius 2 is 2.36 bits per heavy atom. The van der Waals surface area contributed by atoms with Crippen molar-refractivity contribution < 1.29 is 0 Å². The Hall–Kier alpha value is -0.540. The maximum Gasteiger partial charge on any atom is 0.0886 e. The molecule has 1 aromatic rings. The molecule has 1 rings (SSSR count). The SMILES string of the molecule is CC(C)(CN)Nc1cccs1. The van der Waals surface area contributed by atoms with Gasteiger partial charge in [-0.25, -0.2) is 0 Å². The van der Waals surface area contributed by atoms with Crippen LogP contribution in [-0.2, 0) is 0 Å². The van der Waals surface area contributed by atoms with Gasteiger partial charge < -0.3 is 11.1 Å². The van der Waals surface area contributed by atoms with E-state index in [1.807, 2.05) is 6.07 Å². The van der Waals surface area contributed by atoms with Crippen molar-refractivity contribution in [1.82, 2.24) is 0 Å². The smallest absolute Gasteiger partial charge is 0.0886 e. The molecule has 2 nitrogen and oxygen atoms in total. The van der Waals surface area contributed by atoms with E-state index in [9.17, 15) is 0 Å². The molecular formula is C8H14N2S. The maximum absolute atomic E-state index is 5.57. The highest BCUT2D eigenvalue weighted by atomic mass is 32.1. The predicted molar refractivity (Wildman–Crippen MR) is 51.1 cm³/mol. The summed E-state index contributed by atoms with van der Waals surface area (Å²) in [5.74, 6) is 0. The lowest BCUT2D eigenvalue weighted by atomic mass is 10.1. The molecule has 0 radical (unpaired) electrons. The second-order valence-electron chi connectivity index (χ2n) is 3.19. The molecule has 0 bridgehead atoms. The molecule has 0 atom stereocenters. The van der Waals surface area contributed by atoms with E-state index in [-0.39, 0.29) is 5.54 Å². The normalized spacial score (nSPS) is 11.5. The number of anilines is 1. The molecule has 0 amide bonds. The van der Waals surface area contributed by atoms with Gasteiger partial charge in [0.15, 0.2) is 0 Å². The molecule has 1 aromatic heterocycles. The summed E-state index contributed by atoms with van der Waals surface area (Å²) in [6.45, 7) is 4.82. The zero-order chi connectivity index (χ0) is 8.32. The number of nitrogens with one attached hydrogen (secondary N) is 1. The summed E-state index contributed by atoms with van der Waals surface area (Å²) in [5.41, 5.74) is 5.57. The van der Waals surface area contributed by atoms with Crippen molar-refractivity contribution in [2.24, 2.45) is 5.73 Å². The lowest BCUT2D eigenvalue weighted by molar-refractivity contribution is 0.582. The van der Waals surface area contributed by atoms with E-state index in [2.05, 4.69) is 30.6 Å². The Kier molecular flexibility index (Phi) is 2.52. The van der Waals surface area contributed by atoms with Gasteiger partial charge in [-0.2, -0.15) is 0 Å². The molecule has 1 heterocycles. The van der Waals surface area contributed by atoms with Gasteiger partial charge in [0, 0.05) is 12.1 Å². The van der Waals surface area contributed by atoms with Crippen LogP contribution in [0, 0.1) is 0 Å². The minimum absolute atomic E-state index is 0.00481. The average molecular weight is 170 g/mol. The minimum atomic E-state index is 0.00481. The molecule has 0 aromatic carbocycles. The first-order valence-corrected chi connectivity index (χ1v) is 4.54. The number of rotatable bonds is 3. The predicted octanol–water partition coefficient (Wildman–Crippen LogP) is 1.90. The van der Waals surface area contributed by atoms with Gasteiger partial charge in [-0.05, 0) is 31.4 Å². The molecule has 11 heavy (non-hydrogen) atoms. The average Bonchev–Trinajstić information content (AvgIpc) is 2.39. The molecule has 62 valence electrons. The largest absolute Gasteiger partial charge is 0.371 e. The van der Waals surface area contributed by atoms with Crippen molar-refractivity contribution in [2.45, 2.75) is 19.4 Å². The quantitative estimate of drug-likeness (QED) is 0.727. The van der Waals surface area contributed by atoms with Gasteiger partial charge in [-0.1, -0.05) is 0 Å². The van der Waals surface area contributed by atoms with Crippen LogP contribution in [0.5, 0.6) is 0 Å². The number of hydrogen-bond donors (Lipinski definition) is 2. The molecule has 0 fully saturated rings. The van der Waals surface area contributed by atoms with Crippen LogP contribution < -0.4 is 11.1 Å². The summed E-state index contributed by atoms with van der Waals surface area (Å²) in [7, 11) is 0. The van der Waals surface area contributed by atoms with E-state index in [1.54, 1.807) is 11.3 Å². The summed E-state index contributed by atoms with van der Waals surface area (Å²) in [4.78, 5) is 0. The monoisotopic (exact) mass is 170 g/mol. The molecule has 0 unspecified atom stereocenters. The Labute approximate surface area is 71.4 Å². The van der Waals surface area contributed by atoms with E-state index in [4.69, 9.17) is 5.73 Å². The number of hydrogen-bond acceptors (Lipinski definition) is 3. The molecule has 0 spiro atoms. The summed E-state index contributed by atoms with van der Waals surface area (Å²) in [5, 5.41) is 6.57. The molecule has 0 saturated carbocycles. The number of nitrogens with two attached hydrogens (primary N) is 1. The standard InChI is InChI=1S/C8H14N2S/c1-8(2,6-9)10-7-4-3-5-11-7/h3-5,10H,6,9H2,1-2H3. The van der Waals surface area contributed by atoms with Crippen LogP contribution in [-0.4, -0.2) is 12.1 Å². The minimum Gasteiger partial charge on any atom is -0.371 e. The van der Waals surface area contributed by atoms with Crippen molar-refractivity contribution in [1.29, 1.82) is 0 Å². The molecule has 3 heteroatoms. The summed E-state index contributed by atoms with van der Waals surface area (Å²) in [6, 6.07) is 4.08. The second kappa shape index (κ2) is 3.24. The van der Waals surface area contributed by atoms with Crippen LogP contribution in [0.3, 0.4) is 0 Å². The van der Waals surface area contributed by atoms with Crippen molar-refractivity contribution in [2.75, 3.05) is 11.9 Å². The van der Waals surface area contributed by atoms with Crippen molar-refractivity contribution in [3.63, 3.8) is 0 Å². The molecule has 0 aliphatic heterocycles. The highest BCUT2D eigenvalue weighted by molar-refractivity contribution is 7.14. The van der Waals surface area contributed by atoms with Crippen LogP contribution in [0.15, 0.2) is 17.5 Å². The summed E-state index contributed by atoms with van der Waals surface area (Å²) in [6.07, 6.45) is 0. The summed E-state index contributed by atoms with van der Waals surface area (Å²) < 4.78 is 0. The topological polar surface area (TPSA) is 38.0 Å². The molecule has 0 saturated heterocycles. The van der Waals surface area contributed by atoms with Gasteiger partial charge >= 0.3 is 0 Å². The molecule has 0 aliphatic carbocycles. The van der Waals surface area contributed by atoms with Crippen LogP contribution in [0.1, 0.15) is 13.8 Å². The second-order valence-corrected chi connectivity index (χ2v) is 4.14. The van der Waals surface area contributed by atoms with Crippen LogP contribution in [0.2, 0.25) is 0 Å². The first-order chi connectivity index (χ1) is 5.14. The fourth-order valence-electron chi connectivity index (χ4n) is 0.734. The zero-order valence-electron chi connectivity index (χ0n) is 6.92. The lowest BCUT2D eigenvalue weighted by Crippen LogP contribution is -2.38. The Balaban J connectivity index is 2.56. The third-order valence-corrected chi connectivity index (χ3v) is 2.28. The van der Waals surface area contributed by atoms with E-state index < -0.39 is 0 Å². The first-order valence-electron chi connectivity index (χ1n) is 3.66. The van der Waals surface area contributed by atoms with Gasteiger partial charge in [0.25, 0.3) is 0 Å². The maximum atomic E-state index is 5.57. The van der Waals surface area contributed by atoms with Crippen LogP contribution >= 0.6 is 11.3 Å². The van der Waals surface area contributed by atoms with Gasteiger partial charge in [-0.3, -0.25) is 0 Å². The fourth-order valence-corrected chi connectivity index (χ4v) is 1.53. The third-order valence-electron chi connectivity index (χ3n) is 1.49. The van der Waals surface area contributed by atoms with Gasteiger partial charge in [0.05, 0.1) is 5.00 Å². The van der Waals surface area contributed by atoms with E-state index in [0.717, 1.165) is 0 Å². The third kappa shape index (κ3) is 2.52. The highest BCUT2D eigenvalue weighted by Gasteiger charge is 2.14. The van der Waals surface area contributed by atoms with Crippen molar-refractivity contribution in [3.05, 3.63) is 17.5 Å². The van der Waals surface area contributed by atoms with Gasteiger partial charge in [0.2, 0.25) is 0 Å². The highest BCUT2D eigenvalue weighted by Crippen LogP contribution is 2.19. The van der Waals surface area contributed by atoms with E-state index in [1.165, 1.54) is 5.00 Å². The molecule has 3 N–H and O–H groups in total. The fraction of sp³-hybridized carbons (Fsp3) is 0.500. The lowest BCUT2D eigenvalue weighted by Gasteiger charge is -2.24. The first kappa shape index (κ1) is 8.56. The number of thiophene rings is 1. The van der Waals surface area contributed by atoms with E-state index in [0.29, 0.717) is 6.54 Å².